The zero-order valence-corrected chi connectivity index (χ0v) is 8.26. The molecular weight excluding hydrogens is 198 g/mol. The van der Waals surface area contributed by atoms with Crippen LogP contribution in [0.4, 0.5) is 0 Å². The second-order valence-electron chi connectivity index (χ2n) is 3.14. The van der Waals surface area contributed by atoms with Crippen molar-refractivity contribution in [2.24, 2.45) is 7.05 Å². The zero-order chi connectivity index (χ0) is 11.0. The number of carbonyl (C=O) groups is 1. The Kier molecular flexibility index (Phi) is 2.03. The van der Waals surface area contributed by atoms with Crippen LogP contribution in [-0.2, 0) is 7.05 Å². The van der Waals surface area contributed by atoms with Gasteiger partial charge in [-0.3, -0.25) is 4.68 Å². The molecule has 0 bridgehead atoms. The summed E-state index contributed by atoms with van der Waals surface area (Å²) in [5, 5.41) is 12.8. The Balaban J connectivity index is 2.41. The summed E-state index contributed by atoms with van der Waals surface area (Å²) in [6.45, 7) is 1.89. The third-order valence-corrected chi connectivity index (χ3v) is 2.06. The van der Waals surface area contributed by atoms with Gasteiger partial charge in [0.1, 0.15) is 12.0 Å². The maximum absolute atomic E-state index is 10.6. The minimum absolute atomic E-state index is 0.117. The lowest BCUT2D eigenvalue weighted by atomic mass is 10.4. The summed E-state index contributed by atoms with van der Waals surface area (Å²) in [4.78, 5) is 14.4. The summed E-state index contributed by atoms with van der Waals surface area (Å²) >= 11 is 0. The first kappa shape index (κ1) is 9.45. The van der Waals surface area contributed by atoms with Crippen molar-refractivity contribution < 1.29 is 14.3 Å². The van der Waals surface area contributed by atoms with E-state index in [1.165, 1.54) is 0 Å². The van der Waals surface area contributed by atoms with Crippen LogP contribution in [0.5, 0.6) is 0 Å². The highest BCUT2D eigenvalue weighted by atomic mass is 16.4. The van der Waals surface area contributed by atoms with Gasteiger partial charge in [0, 0.05) is 12.7 Å². The van der Waals surface area contributed by atoms with Crippen LogP contribution in [0.1, 0.15) is 16.2 Å². The second-order valence-corrected chi connectivity index (χ2v) is 3.14. The van der Waals surface area contributed by atoms with Gasteiger partial charge in [-0.15, -0.1) is 0 Å². The molecule has 0 atom stereocenters. The summed E-state index contributed by atoms with van der Waals surface area (Å²) in [6, 6.07) is 1.78. The molecule has 0 aliphatic heterocycles. The summed E-state index contributed by atoms with van der Waals surface area (Å²) in [5.41, 5.74) is 1.36. The molecule has 0 saturated heterocycles. The number of oxazole rings is 1. The molecular formula is C9H9N3O3. The summed E-state index contributed by atoms with van der Waals surface area (Å²) in [6.07, 6.45) is 1.10. The maximum Gasteiger partial charge on any atom is 0.357 e. The van der Waals surface area contributed by atoms with Crippen LogP contribution >= 0.6 is 0 Å². The Morgan fingerprint density at radius 1 is 1.60 bits per heavy atom. The fraction of sp³-hybridized carbons (Fsp3) is 0.222. The molecule has 0 amide bonds. The number of rotatable bonds is 2. The van der Waals surface area contributed by atoms with Crippen molar-refractivity contribution in [3.8, 4) is 11.6 Å². The van der Waals surface area contributed by atoms with E-state index in [0.29, 0.717) is 5.69 Å². The Labute approximate surface area is 85.2 Å². The molecule has 2 aromatic heterocycles. The van der Waals surface area contributed by atoms with Crippen molar-refractivity contribution in [2.75, 3.05) is 0 Å². The minimum atomic E-state index is -1.11. The third-order valence-electron chi connectivity index (χ3n) is 2.06. The highest BCUT2D eigenvalue weighted by Gasteiger charge is 2.14. The van der Waals surface area contributed by atoms with Crippen molar-refractivity contribution in [1.29, 1.82) is 0 Å². The molecule has 6 heteroatoms. The lowest BCUT2D eigenvalue weighted by molar-refractivity contribution is 0.0690. The van der Waals surface area contributed by atoms with E-state index in [2.05, 4.69) is 10.1 Å². The van der Waals surface area contributed by atoms with E-state index < -0.39 is 5.97 Å². The van der Waals surface area contributed by atoms with E-state index in [0.717, 1.165) is 12.0 Å². The lowest BCUT2D eigenvalue weighted by Gasteiger charge is -1.88. The highest BCUT2D eigenvalue weighted by Crippen LogP contribution is 2.17. The number of aryl methyl sites for hydroxylation is 2. The predicted octanol–water partition coefficient (Wildman–Crippen LogP) is 1.08. The Morgan fingerprint density at radius 3 is 2.80 bits per heavy atom. The fourth-order valence-corrected chi connectivity index (χ4v) is 1.15. The van der Waals surface area contributed by atoms with Gasteiger partial charge in [0.05, 0.1) is 0 Å². The minimum Gasteiger partial charge on any atom is -0.476 e. The number of carboxylic acids is 1. The maximum atomic E-state index is 10.6. The van der Waals surface area contributed by atoms with Crippen molar-refractivity contribution in [3.05, 3.63) is 23.7 Å². The van der Waals surface area contributed by atoms with Crippen molar-refractivity contribution in [3.63, 3.8) is 0 Å². The standard InChI is InChI=1S/C9H9N3O3/c1-5-3-6(11-12(5)2)8-10-7(4-15-8)9(13)14/h3-4H,1-2H3,(H,13,14). The van der Waals surface area contributed by atoms with Crippen LogP contribution in [0, 0.1) is 6.92 Å². The number of aromatic nitrogens is 3. The van der Waals surface area contributed by atoms with Gasteiger partial charge in [0.15, 0.2) is 5.69 Å². The molecule has 0 spiro atoms. The van der Waals surface area contributed by atoms with Crippen LogP contribution in [0.3, 0.4) is 0 Å². The van der Waals surface area contributed by atoms with E-state index in [1.807, 2.05) is 6.92 Å². The van der Waals surface area contributed by atoms with Gasteiger partial charge < -0.3 is 9.52 Å². The van der Waals surface area contributed by atoms with Crippen LogP contribution in [0.2, 0.25) is 0 Å². The molecule has 0 radical (unpaired) electrons. The highest BCUT2D eigenvalue weighted by molar-refractivity contribution is 5.85. The predicted molar refractivity (Wildman–Crippen MR) is 50.4 cm³/mol. The number of aromatic carboxylic acids is 1. The Morgan fingerprint density at radius 2 is 2.33 bits per heavy atom. The van der Waals surface area contributed by atoms with Gasteiger partial charge in [0.25, 0.3) is 0 Å². The smallest absolute Gasteiger partial charge is 0.357 e. The average Bonchev–Trinajstić information content (AvgIpc) is 2.74. The molecule has 78 valence electrons. The SMILES string of the molecule is Cc1cc(-c2nc(C(=O)O)co2)nn1C. The van der Waals surface area contributed by atoms with Gasteiger partial charge in [-0.1, -0.05) is 0 Å². The first-order valence-electron chi connectivity index (χ1n) is 4.28. The quantitative estimate of drug-likeness (QED) is 0.796. The second kappa shape index (κ2) is 3.23. The van der Waals surface area contributed by atoms with Gasteiger partial charge >= 0.3 is 5.97 Å². The monoisotopic (exact) mass is 207 g/mol. The topological polar surface area (TPSA) is 81.2 Å². The molecule has 6 nitrogen and oxygen atoms in total. The Bertz CT molecular complexity index is 493. The van der Waals surface area contributed by atoms with E-state index in [9.17, 15) is 4.79 Å². The van der Waals surface area contributed by atoms with Gasteiger partial charge in [-0.05, 0) is 13.0 Å². The summed E-state index contributed by atoms with van der Waals surface area (Å²) in [7, 11) is 1.79. The molecule has 0 unspecified atom stereocenters. The van der Waals surface area contributed by atoms with Crippen molar-refractivity contribution in [2.45, 2.75) is 6.92 Å². The molecule has 2 heterocycles. The molecule has 0 aliphatic carbocycles. The van der Waals surface area contributed by atoms with Crippen molar-refractivity contribution in [1.82, 2.24) is 14.8 Å². The zero-order valence-electron chi connectivity index (χ0n) is 8.26. The lowest BCUT2D eigenvalue weighted by Crippen LogP contribution is -1.96. The van der Waals surface area contributed by atoms with Crippen molar-refractivity contribution >= 4 is 5.97 Å². The molecule has 0 aliphatic rings. The summed E-state index contributed by atoms with van der Waals surface area (Å²) < 4.78 is 6.68. The molecule has 15 heavy (non-hydrogen) atoms. The van der Waals surface area contributed by atoms with Crippen LogP contribution < -0.4 is 0 Å². The molecule has 1 N–H and O–H groups in total. The summed E-state index contributed by atoms with van der Waals surface area (Å²) in [5.74, 6) is -0.895. The fourth-order valence-electron chi connectivity index (χ4n) is 1.15. The number of hydrogen-bond acceptors (Lipinski definition) is 4. The first-order valence-corrected chi connectivity index (χ1v) is 4.28. The van der Waals surface area contributed by atoms with Gasteiger partial charge in [-0.2, -0.15) is 5.10 Å². The molecule has 2 aromatic rings. The van der Waals surface area contributed by atoms with Gasteiger partial charge in [-0.25, -0.2) is 9.78 Å². The average molecular weight is 207 g/mol. The third kappa shape index (κ3) is 1.61. The molecule has 0 fully saturated rings. The van der Waals surface area contributed by atoms with E-state index in [4.69, 9.17) is 9.52 Å². The van der Waals surface area contributed by atoms with Crippen LogP contribution in [0.25, 0.3) is 11.6 Å². The molecule has 2 rings (SSSR count). The van der Waals surface area contributed by atoms with E-state index in [-0.39, 0.29) is 11.6 Å². The number of nitrogens with zero attached hydrogens (tertiary/aromatic N) is 3. The van der Waals surface area contributed by atoms with E-state index >= 15 is 0 Å². The first-order chi connectivity index (χ1) is 7.08. The largest absolute Gasteiger partial charge is 0.476 e. The number of carboxylic acid groups (broad SMARTS) is 1. The normalized spacial score (nSPS) is 10.5. The van der Waals surface area contributed by atoms with E-state index in [1.54, 1.807) is 17.8 Å². The van der Waals surface area contributed by atoms with Gasteiger partial charge in [0.2, 0.25) is 5.89 Å². The van der Waals surface area contributed by atoms with Crippen LogP contribution in [0.15, 0.2) is 16.7 Å². The van der Waals surface area contributed by atoms with Crippen LogP contribution in [-0.4, -0.2) is 25.8 Å². The molecule has 0 saturated carbocycles. The molecule has 0 aromatic carbocycles. The number of hydrogen-bond donors (Lipinski definition) is 1. The Hall–Kier alpha value is -2.11.